The van der Waals surface area contributed by atoms with Gasteiger partial charge in [0.2, 0.25) is 0 Å². The highest BCUT2D eigenvalue weighted by atomic mass is 16.4. The molecule has 2 aliphatic rings. The number of carbonyl (C=O) groups is 1. The van der Waals surface area contributed by atoms with Gasteiger partial charge in [0.25, 0.3) is 0 Å². The molecule has 1 saturated heterocycles. The molecule has 21 heavy (non-hydrogen) atoms. The molecule has 1 aliphatic heterocycles. The highest BCUT2D eigenvalue weighted by Crippen LogP contribution is 2.32. The summed E-state index contributed by atoms with van der Waals surface area (Å²) < 4.78 is 0. The van der Waals surface area contributed by atoms with Crippen LogP contribution in [0.15, 0.2) is 30.3 Å². The van der Waals surface area contributed by atoms with Crippen molar-refractivity contribution in [1.82, 2.24) is 9.80 Å². The molecule has 2 fully saturated rings. The number of nitrogens with zero attached hydrogens (tertiary/aromatic N) is 2. The number of carboxylic acids is 1. The molecule has 1 aromatic rings. The topological polar surface area (TPSA) is 43.8 Å². The van der Waals surface area contributed by atoms with Gasteiger partial charge < -0.3 is 5.11 Å². The van der Waals surface area contributed by atoms with Gasteiger partial charge in [-0.3, -0.25) is 14.6 Å². The van der Waals surface area contributed by atoms with Crippen LogP contribution >= 0.6 is 0 Å². The van der Waals surface area contributed by atoms with Crippen LogP contribution in [0.25, 0.3) is 0 Å². The minimum atomic E-state index is -0.711. The summed E-state index contributed by atoms with van der Waals surface area (Å²) in [5.41, 5.74) is 1.36. The average molecular weight is 288 g/mol. The zero-order valence-corrected chi connectivity index (χ0v) is 12.4. The first-order valence-electron chi connectivity index (χ1n) is 7.96. The molecule has 4 nitrogen and oxygen atoms in total. The zero-order chi connectivity index (χ0) is 14.7. The van der Waals surface area contributed by atoms with Gasteiger partial charge in [0.1, 0.15) is 0 Å². The zero-order valence-electron chi connectivity index (χ0n) is 12.4. The molecule has 1 saturated carbocycles. The summed E-state index contributed by atoms with van der Waals surface area (Å²) in [6, 6.07) is 11.8. The third-order valence-corrected chi connectivity index (χ3v) is 4.53. The van der Waals surface area contributed by atoms with Crippen LogP contribution in [0.5, 0.6) is 0 Å². The number of carboxylic acid groups (broad SMARTS) is 1. The number of benzene rings is 1. The molecule has 1 aromatic carbocycles. The first-order chi connectivity index (χ1) is 10.2. The fourth-order valence-corrected chi connectivity index (χ4v) is 3.39. The Hall–Kier alpha value is -1.39. The van der Waals surface area contributed by atoms with Gasteiger partial charge in [-0.25, -0.2) is 0 Å². The molecule has 0 spiro atoms. The van der Waals surface area contributed by atoms with Gasteiger partial charge in [-0.05, 0) is 37.8 Å². The van der Waals surface area contributed by atoms with E-state index in [1.165, 1.54) is 24.8 Å². The van der Waals surface area contributed by atoms with Crippen molar-refractivity contribution in [2.45, 2.75) is 44.3 Å². The Morgan fingerprint density at radius 2 is 1.95 bits per heavy atom. The summed E-state index contributed by atoms with van der Waals surface area (Å²) in [5.74, 6) is -0.711. The highest BCUT2D eigenvalue weighted by molar-refractivity contribution is 5.69. The Bertz CT molecular complexity index is 473. The van der Waals surface area contributed by atoms with Crippen LogP contribution in [-0.4, -0.2) is 52.6 Å². The molecule has 0 aromatic heterocycles. The lowest BCUT2D eigenvalue weighted by Gasteiger charge is -2.39. The molecule has 1 heterocycles. The van der Waals surface area contributed by atoms with Gasteiger partial charge in [0.15, 0.2) is 0 Å². The van der Waals surface area contributed by atoms with E-state index in [9.17, 15) is 4.79 Å². The number of rotatable bonds is 6. The molecule has 3 rings (SSSR count). The Morgan fingerprint density at radius 1 is 1.19 bits per heavy atom. The van der Waals surface area contributed by atoms with Crippen LogP contribution in [0.3, 0.4) is 0 Å². The van der Waals surface area contributed by atoms with Crippen molar-refractivity contribution in [1.29, 1.82) is 0 Å². The number of piperidine rings is 1. The van der Waals surface area contributed by atoms with Crippen molar-refractivity contribution in [3.8, 4) is 0 Å². The smallest absolute Gasteiger partial charge is 0.317 e. The number of aliphatic carboxylic acids is 1. The minimum absolute atomic E-state index is 0.181. The van der Waals surface area contributed by atoms with Crippen LogP contribution in [-0.2, 0) is 11.3 Å². The van der Waals surface area contributed by atoms with Crippen molar-refractivity contribution >= 4 is 5.97 Å². The first kappa shape index (κ1) is 14.5. The summed E-state index contributed by atoms with van der Waals surface area (Å²) in [4.78, 5) is 15.6. The van der Waals surface area contributed by atoms with Crippen LogP contribution in [0.2, 0.25) is 0 Å². The predicted molar refractivity (Wildman–Crippen MR) is 82.1 cm³/mol. The molecule has 1 N–H and O–H groups in total. The predicted octanol–water partition coefficient (Wildman–Crippen LogP) is 2.20. The Kier molecular flexibility index (Phi) is 4.56. The van der Waals surface area contributed by atoms with Gasteiger partial charge in [-0.2, -0.15) is 0 Å². The summed E-state index contributed by atoms with van der Waals surface area (Å²) in [6.07, 6.45) is 4.89. The van der Waals surface area contributed by atoms with E-state index in [4.69, 9.17) is 5.11 Å². The standard InChI is InChI=1S/C17H24N2O2/c20-17(21)13-18-10-4-7-16(12-18)19(15-8-9-15)11-14-5-2-1-3-6-14/h1-3,5-6,15-16H,4,7-13H2,(H,20,21)/t16-/m1/s1. The maximum absolute atomic E-state index is 10.9. The molecule has 0 unspecified atom stereocenters. The van der Waals surface area contributed by atoms with E-state index in [0.717, 1.165) is 26.1 Å². The maximum Gasteiger partial charge on any atom is 0.317 e. The lowest BCUT2D eigenvalue weighted by atomic mass is 10.0. The third-order valence-electron chi connectivity index (χ3n) is 4.53. The van der Waals surface area contributed by atoms with Gasteiger partial charge in [-0.1, -0.05) is 30.3 Å². The monoisotopic (exact) mass is 288 g/mol. The Balaban J connectivity index is 1.64. The molecule has 114 valence electrons. The molecule has 4 heteroatoms. The van der Waals surface area contributed by atoms with Gasteiger partial charge in [0, 0.05) is 25.2 Å². The van der Waals surface area contributed by atoms with Crippen molar-refractivity contribution in [2.24, 2.45) is 0 Å². The van der Waals surface area contributed by atoms with E-state index in [-0.39, 0.29) is 6.54 Å². The number of hydrogen-bond donors (Lipinski definition) is 1. The van der Waals surface area contributed by atoms with E-state index in [0.29, 0.717) is 12.1 Å². The SMILES string of the molecule is O=C(O)CN1CCC[C@@H](N(Cc2ccccc2)C2CC2)C1. The van der Waals surface area contributed by atoms with Crippen molar-refractivity contribution < 1.29 is 9.90 Å². The second-order valence-electron chi connectivity index (χ2n) is 6.31. The fraction of sp³-hybridized carbons (Fsp3) is 0.588. The summed E-state index contributed by atoms with van der Waals surface area (Å²) in [5, 5.41) is 8.99. The summed E-state index contributed by atoms with van der Waals surface area (Å²) in [6.45, 7) is 3.00. The van der Waals surface area contributed by atoms with E-state index in [1.807, 2.05) is 0 Å². The normalized spacial score (nSPS) is 23.4. The summed E-state index contributed by atoms with van der Waals surface area (Å²) >= 11 is 0. The fourth-order valence-electron chi connectivity index (χ4n) is 3.39. The second-order valence-corrected chi connectivity index (χ2v) is 6.31. The molecular weight excluding hydrogens is 264 g/mol. The number of likely N-dealkylation sites (tertiary alicyclic amines) is 1. The van der Waals surface area contributed by atoms with Crippen molar-refractivity contribution in [3.63, 3.8) is 0 Å². The molecule has 1 atom stereocenters. The van der Waals surface area contributed by atoms with Crippen LogP contribution < -0.4 is 0 Å². The quantitative estimate of drug-likeness (QED) is 0.871. The van der Waals surface area contributed by atoms with Crippen molar-refractivity contribution in [3.05, 3.63) is 35.9 Å². The number of hydrogen-bond acceptors (Lipinski definition) is 3. The van der Waals surface area contributed by atoms with Gasteiger partial charge >= 0.3 is 5.97 Å². The highest BCUT2D eigenvalue weighted by Gasteiger charge is 2.36. The Morgan fingerprint density at radius 3 is 2.62 bits per heavy atom. The lowest BCUT2D eigenvalue weighted by molar-refractivity contribution is -0.138. The second kappa shape index (κ2) is 6.58. The molecule has 0 radical (unpaired) electrons. The molecular formula is C17H24N2O2. The van der Waals surface area contributed by atoms with Gasteiger partial charge in [0.05, 0.1) is 6.54 Å². The van der Waals surface area contributed by atoms with Crippen molar-refractivity contribution in [2.75, 3.05) is 19.6 Å². The van der Waals surface area contributed by atoms with Crippen LogP contribution in [0.1, 0.15) is 31.2 Å². The van der Waals surface area contributed by atoms with E-state index < -0.39 is 5.97 Å². The van der Waals surface area contributed by atoms with E-state index in [1.54, 1.807) is 0 Å². The van der Waals surface area contributed by atoms with Crippen LogP contribution in [0.4, 0.5) is 0 Å². The molecule has 0 amide bonds. The van der Waals surface area contributed by atoms with E-state index in [2.05, 4.69) is 40.1 Å². The van der Waals surface area contributed by atoms with E-state index >= 15 is 0 Å². The van der Waals surface area contributed by atoms with Gasteiger partial charge in [-0.15, -0.1) is 0 Å². The maximum atomic E-state index is 10.9. The molecule has 0 bridgehead atoms. The average Bonchev–Trinajstić information content (AvgIpc) is 3.30. The first-order valence-corrected chi connectivity index (χ1v) is 7.96. The largest absolute Gasteiger partial charge is 0.480 e. The Labute approximate surface area is 126 Å². The minimum Gasteiger partial charge on any atom is -0.480 e. The van der Waals surface area contributed by atoms with Crippen LogP contribution in [0, 0.1) is 0 Å². The molecule has 1 aliphatic carbocycles. The third kappa shape index (κ3) is 4.05. The lowest BCUT2D eigenvalue weighted by Crippen LogP contribution is -2.49. The summed E-state index contributed by atoms with van der Waals surface area (Å²) in [7, 11) is 0.